The van der Waals surface area contributed by atoms with Crippen LogP contribution in [0.3, 0.4) is 0 Å². The van der Waals surface area contributed by atoms with Gasteiger partial charge in [0.2, 0.25) is 5.91 Å². The van der Waals surface area contributed by atoms with Gasteiger partial charge in [-0.1, -0.05) is 18.2 Å². The van der Waals surface area contributed by atoms with E-state index in [0.717, 1.165) is 25.3 Å². The molecule has 1 aromatic heterocycles. The highest BCUT2D eigenvalue weighted by Gasteiger charge is 2.23. The largest absolute Gasteiger partial charge is 0.379 e. The van der Waals surface area contributed by atoms with Crippen LogP contribution in [0.2, 0.25) is 0 Å². The number of rotatable bonds is 4. The molecule has 2 heterocycles. The van der Waals surface area contributed by atoms with Crippen molar-refractivity contribution in [1.82, 2.24) is 9.47 Å². The summed E-state index contributed by atoms with van der Waals surface area (Å²) < 4.78 is 7.69. The monoisotopic (exact) mass is 351 g/mol. The lowest BCUT2D eigenvalue weighted by atomic mass is 10.1. The summed E-state index contributed by atoms with van der Waals surface area (Å²) in [6.45, 7) is 8.03. The molecule has 5 nitrogen and oxygen atoms in total. The highest BCUT2D eigenvalue weighted by atomic mass is 16.5. The second kappa shape index (κ2) is 7.09. The zero-order chi connectivity index (χ0) is 18.1. The Morgan fingerprint density at radius 2 is 1.85 bits per heavy atom. The van der Waals surface area contributed by atoms with Gasteiger partial charge >= 0.3 is 0 Å². The first-order chi connectivity index (χ1) is 12.7. The molecule has 2 aromatic carbocycles. The van der Waals surface area contributed by atoms with Gasteiger partial charge in [0.15, 0.2) is 0 Å². The summed E-state index contributed by atoms with van der Waals surface area (Å²) in [6.07, 6.45) is 0. The standard InChI is InChI=1S/C21H25N3O2/c1-3-24-19-7-5-4-6-17(19)18-14-16(8-9-20(18)24)22-21(25)15(2)23-10-12-26-13-11-23/h4-9,14-15H,3,10-13H2,1-2H3,(H,22,25). The average Bonchev–Trinajstić information content (AvgIpc) is 3.01. The summed E-state index contributed by atoms with van der Waals surface area (Å²) in [6, 6.07) is 14.5. The fraction of sp³-hybridized carbons (Fsp3) is 0.381. The maximum Gasteiger partial charge on any atom is 0.241 e. The first kappa shape index (κ1) is 17.1. The van der Waals surface area contributed by atoms with E-state index in [0.29, 0.717) is 13.2 Å². The molecule has 1 N–H and O–H groups in total. The van der Waals surface area contributed by atoms with Gasteiger partial charge in [-0.3, -0.25) is 9.69 Å². The second-order valence-corrected chi connectivity index (χ2v) is 6.81. The summed E-state index contributed by atoms with van der Waals surface area (Å²) in [5, 5.41) is 5.50. The molecule has 136 valence electrons. The topological polar surface area (TPSA) is 46.5 Å². The van der Waals surface area contributed by atoms with Crippen molar-refractivity contribution in [1.29, 1.82) is 0 Å². The summed E-state index contributed by atoms with van der Waals surface area (Å²) >= 11 is 0. The van der Waals surface area contributed by atoms with Gasteiger partial charge < -0.3 is 14.6 Å². The summed E-state index contributed by atoms with van der Waals surface area (Å²) in [5.74, 6) is 0.0329. The molecular formula is C21H25N3O2. The molecule has 1 aliphatic rings. The Labute approximate surface area is 153 Å². The molecule has 4 rings (SSSR count). The van der Waals surface area contributed by atoms with Crippen LogP contribution in [0, 0.1) is 0 Å². The molecule has 5 heteroatoms. The minimum atomic E-state index is -0.161. The zero-order valence-corrected chi connectivity index (χ0v) is 15.4. The molecule has 0 spiro atoms. The van der Waals surface area contributed by atoms with Crippen LogP contribution in [0.25, 0.3) is 21.8 Å². The first-order valence-electron chi connectivity index (χ1n) is 9.32. The normalized spacial score (nSPS) is 16.8. The van der Waals surface area contributed by atoms with Crippen molar-refractivity contribution in [3.8, 4) is 0 Å². The Kier molecular flexibility index (Phi) is 4.66. The smallest absolute Gasteiger partial charge is 0.241 e. The van der Waals surface area contributed by atoms with Gasteiger partial charge in [0.05, 0.1) is 19.3 Å². The lowest BCUT2D eigenvalue weighted by molar-refractivity contribution is -0.122. The summed E-state index contributed by atoms with van der Waals surface area (Å²) in [5.41, 5.74) is 3.28. The predicted molar refractivity (Wildman–Crippen MR) is 106 cm³/mol. The van der Waals surface area contributed by atoms with Crippen LogP contribution in [0.5, 0.6) is 0 Å². The number of morpholine rings is 1. The van der Waals surface area contributed by atoms with E-state index < -0.39 is 0 Å². The van der Waals surface area contributed by atoms with Gasteiger partial charge in [-0.2, -0.15) is 0 Å². The summed E-state index contributed by atoms with van der Waals surface area (Å²) in [7, 11) is 0. The van der Waals surface area contributed by atoms with Gasteiger partial charge in [-0.15, -0.1) is 0 Å². The zero-order valence-electron chi connectivity index (χ0n) is 15.4. The first-order valence-corrected chi connectivity index (χ1v) is 9.32. The number of amides is 1. The van der Waals surface area contributed by atoms with Crippen LogP contribution in [-0.4, -0.2) is 47.7 Å². The van der Waals surface area contributed by atoms with E-state index in [1.54, 1.807) is 0 Å². The molecule has 0 aliphatic carbocycles. The fourth-order valence-corrected chi connectivity index (χ4v) is 3.85. The van der Waals surface area contributed by atoms with E-state index >= 15 is 0 Å². The minimum Gasteiger partial charge on any atom is -0.379 e. The number of carbonyl (C=O) groups excluding carboxylic acids is 1. The molecule has 1 atom stereocenters. The maximum atomic E-state index is 12.7. The van der Waals surface area contributed by atoms with Crippen LogP contribution in [0.1, 0.15) is 13.8 Å². The number of aromatic nitrogens is 1. The summed E-state index contributed by atoms with van der Waals surface area (Å²) in [4.78, 5) is 14.8. The second-order valence-electron chi connectivity index (χ2n) is 6.81. The lowest BCUT2D eigenvalue weighted by Crippen LogP contribution is -2.47. The van der Waals surface area contributed by atoms with Crippen molar-refractivity contribution in [3.63, 3.8) is 0 Å². The van der Waals surface area contributed by atoms with Crippen molar-refractivity contribution >= 4 is 33.4 Å². The number of benzene rings is 2. The van der Waals surface area contributed by atoms with E-state index in [-0.39, 0.29) is 11.9 Å². The van der Waals surface area contributed by atoms with Crippen molar-refractivity contribution < 1.29 is 9.53 Å². The molecule has 1 amide bonds. The Morgan fingerprint density at radius 3 is 2.62 bits per heavy atom. The van der Waals surface area contributed by atoms with Gasteiger partial charge in [0.1, 0.15) is 0 Å². The highest BCUT2D eigenvalue weighted by Crippen LogP contribution is 2.31. The molecule has 1 aliphatic heterocycles. The predicted octanol–water partition coefficient (Wildman–Crippen LogP) is 3.47. The number of aryl methyl sites for hydroxylation is 1. The Hall–Kier alpha value is -2.37. The number of nitrogens with one attached hydrogen (secondary N) is 1. The SMILES string of the molecule is CCn1c2ccccc2c2cc(NC(=O)C(C)N3CCOCC3)ccc21. The van der Waals surface area contributed by atoms with Crippen molar-refractivity contribution in [3.05, 3.63) is 42.5 Å². The van der Waals surface area contributed by atoms with Gasteiger partial charge in [-0.25, -0.2) is 0 Å². The van der Waals surface area contributed by atoms with Crippen LogP contribution < -0.4 is 5.32 Å². The Bertz CT molecular complexity index is 941. The minimum absolute atomic E-state index is 0.0329. The number of fused-ring (bicyclic) bond motifs is 3. The molecule has 1 saturated heterocycles. The number of anilines is 1. The van der Waals surface area contributed by atoms with E-state index in [1.165, 1.54) is 21.8 Å². The molecule has 0 bridgehead atoms. The van der Waals surface area contributed by atoms with E-state index in [2.05, 4.69) is 58.1 Å². The number of nitrogens with zero attached hydrogens (tertiary/aromatic N) is 2. The number of carbonyl (C=O) groups is 1. The highest BCUT2D eigenvalue weighted by molar-refractivity contribution is 6.10. The fourth-order valence-electron chi connectivity index (χ4n) is 3.85. The van der Waals surface area contributed by atoms with E-state index in [4.69, 9.17) is 4.74 Å². The van der Waals surface area contributed by atoms with E-state index in [1.807, 2.05) is 13.0 Å². The molecular weight excluding hydrogens is 326 g/mol. The molecule has 1 fully saturated rings. The van der Waals surface area contributed by atoms with Gasteiger partial charge in [0, 0.05) is 47.1 Å². The number of hydrogen-bond donors (Lipinski definition) is 1. The Balaban J connectivity index is 1.63. The number of hydrogen-bond acceptors (Lipinski definition) is 3. The third-order valence-electron chi connectivity index (χ3n) is 5.33. The molecule has 26 heavy (non-hydrogen) atoms. The molecule has 0 radical (unpaired) electrons. The lowest BCUT2D eigenvalue weighted by Gasteiger charge is -2.31. The van der Waals surface area contributed by atoms with Crippen molar-refractivity contribution in [2.75, 3.05) is 31.6 Å². The van der Waals surface area contributed by atoms with Gasteiger partial charge in [-0.05, 0) is 38.1 Å². The number of para-hydroxylation sites is 1. The maximum absolute atomic E-state index is 12.7. The van der Waals surface area contributed by atoms with Crippen LogP contribution >= 0.6 is 0 Å². The average molecular weight is 351 g/mol. The number of ether oxygens (including phenoxy) is 1. The van der Waals surface area contributed by atoms with Crippen LogP contribution in [0.4, 0.5) is 5.69 Å². The quantitative estimate of drug-likeness (QED) is 0.783. The van der Waals surface area contributed by atoms with Crippen LogP contribution in [-0.2, 0) is 16.1 Å². The van der Waals surface area contributed by atoms with Gasteiger partial charge in [0.25, 0.3) is 0 Å². The van der Waals surface area contributed by atoms with Crippen molar-refractivity contribution in [2.24, 2.45) is 0 Å². The van der Waals surface area contributed by atoms with Crippen molar-refractivity contribution in [2.45, 2.75) is 26.4 Å². The van der Waals surface area contributed by atoms with E-state index in [9.17, 15) is 4.79 Å². The molecule has 0 saturated carbocycles. The third kappa shape index (κ3) is 2.97. The Morgan fingerprint density at radius 1 is 1.12 bits per heavy atom. The molecule has 1 unspecified atom stereocenters. The third-order valence-corrected chi connectivity index (χ3v) is 5.33. The van der Waals surface area contributed by atoms with Crippen LogP contribution in [0.15, 0.2) is 42.5 Å². The molecule has 3 aromatic rings.